The van der Waals surface area contributed by atoms with Crippen molar-refractivity contribution in [2.75, 3.05) is 7.11 Å². The first kappa shape index (κ1) is 18.4. The number of methoxy groups -OCH3 is 1. The second kappa shape index (κ2) is 6.89. The second-order valence-corrected chi connectivity index (χ2v) is 9.28. The maximum atomic E-state index is 6.17. The summed E-state index contributed by atoms with van der Waals surface area (Å²) in [6.07, 6.45) is 2.78. The van der Waals surface area contributed by atoms with Crippen LogP contribution in [0, 0.1) is 0 Å². The van der Waals surface area contributed by atoms with E-state index in [-0.39, 0.29) is 5.54 Å². The predicted octanol–water partition coefficient (Wildman–Crippen LogP) is 6.17. The van der Waals surface area contributed by atoms with Gasteiger partial charge in [-0.2, -0.15) is 0 Å². The first-order valence-corrected chi connectivity index (χ1v) is 10.5. The molecule has 4 rings (SSSR count). The van der Waals surface area contributed by atoms with E-state index < -0.39 is 0 Å². The zero-order chi connectivity index (χ0) is 19.2. The molecule has 27 heavy (non-hydrogen) atoms. The molecule has 0 atom stereocenters. The fourth-order valence-corrected chi connectivity index (χ4v) is 4.79. The highest BCUT2D eigenvalue weighted by molar-refractivity contribution is 9.10. The maximum Gasteiger partial charge on any atom is 0.128 e. The SMILES string of the molecule is COc1cc(Br)c2ncc3sccc3c2c1-c1ccc(CC(C)(C)N)cc1. The average Bonchev–Trinajstić information content (AvgIpc) is 3.10. The van der Waals surface area contributed by atoms with E-state index in [9.17, 15) is 0 Å². The summed E-state index contributed by atoms with van der Waals surface area (Å²) < 4.78 is 7.86. The van der Waals surface area contributed by atoms with E-state index in [4.69, 9.17) is 15.5 Å². The van der Waals surface area contributed by atoms with Crippen molar-refractivity contribution in [1.82, 2.24) is 4.98 Å². The third kappa shape index (κ3) is 3.47. The van der Waals surface area contributed by atoms with Gasteiger partial charge in [0, 0.05) is 32.5 Å². The summed E-state index contributed by atoms with van der Waals surface area (Å²) >= 11 is 5.36. The molecule has 4 aromatic rings. The number of thiophene rings is 1. The summed E-state index contributed by atoms with van der Waals surface area (Å²) in [6, 6.07) is 12.8. The van der Waals surface area contributed by atoms with Gasteiger partial charge in [0.1, 0.15) is 5.75 Å². The van der Waals surface area contributed by atoms with Crippen molar-refractivity contribution in [3.8, 4) is 16.9 Å². The fourth-order valence-electron chi connectivity index (χ4n) is 3.52. The molecule has 0 spiro atoms. The summed E-state index contributed by atoms with van der Waals surface area (Å²) in [5.41, 5.74) is 10.3. The van der Waals surface area contributed by atoms with E-state index in [0.29, 0.717) is 0 Å². The third-order valence-electron chi connectivity index (χ3n) is 4.61. The third-order valence-corrected chi connectivity index (χ3v) is 6.07. The standard InChI is InChI=1S/C22H21BrN2OS/c1-22(2,24)11-13-4-6-14(7-5-13)19-17(26-3)10-16(23)21-20(19)15-8-9-27-18(15)12-25-21/h4-10,12H,11,24H2,1-3H3. The molecule has 5 heteroatoms. The van der Waals surface area contributed by atoms with Crippen LogP contribution in [0.5, 0.6) is 5.75 Å². The summed E-state index contributed by atoms with van der Waals surface area (Å²) in [4.78, 5) is 4.70. The molecule has 2 aromatic heterocycles. The zero-order valence-electron chi connectivity index (χ0n) is 15.5. The number of nitrogens with two attached hydrogens (primary N) is 1. The van der Waals surface area contributed by atoms with E-state index in [1.54, 1.807) is 18.4 Å². The Morgan fingerprint density at radius 3 is 2.59 bits per heavy atom. The average molecular weight is 441 g/mol. The number of nitrogens with zero attached hydrogens (tertiary/aromatic N) is 1. The van der Waals surface area contributed by atoms with Crippen LogP contribution in [-0.4, -0.2) is 17.6 Å². The Morgan fingerprint density at radius 1 is 1.19 bits per heavy atom. The molecule has 0 aliphatic rings. The van der Waals surface area contributed by atoms with E-state index in [1.807, 2.05) is 26.1 Å². The minimum Gasteiger partial charge on any atom is -0.496 e. The second-order valence-electron chi connectivity index (χ2n) is 7.48. The predicted molar refractivity (Wildman–Crippen MR) is 119 cm³/mol. The van der Waals surface area contributed by atoms with Gasteiger partial charge in [0.25, 0.3) is 0 Å². The van der Waals surface area contributed by atoms with Crippen molar-refractivity contribution >= 4 is 48.3 Å². The Bertz CT molecular complexity index is 1130. The molecule has 2 heterocycles. The van der Waals surface area contributed by atoms with Crippen LogP contribution in [0.25, 0.3) is 32.1 Å². The van der Waals surface area contributed by atoms with Crippen LogP contribution < -0.4 is 10.5 Å². The molecule has 2 N–H and O–H groups in total. The molecule has 0 saturated heterocycles. The maximum absolute atomic E-state index is 6.17. The largest absolute Gasteiger partial charge is 0.496 e. The van der Waals surface area contributed by atoms with Crippen molar-refractivity contribution in [3.63, 3.8) is 0 Å². The van der Waals surface area contributed by atoms with Gasteiger partial charge in [0.15, 0.2) is 0 Å². The number of ether oxygens (including phenoxy) is 1. The highest BCUT2D eigenvalue weighted by Gasteiger charge is 2.18. The molecule has 0 bridgehead atoms. The monoisotopic (exact) mass is 440 g/mol. The Kier molecular flexibility index (Phi) is 4.70. The molecule has 0 aliphatic heterocycles. The molecular formula is C22H21BrN2OS. The molecule has 0 radical (unpaired) electrons. The van der Waals surface area contributed by atoms with Gasteiger partial charge >= 0.3 is 0 Å². The van der Waals surface area contributed by atoms with Crippen LogP contribution in [0.4, 0.5) is 0 Å². The summed E-state index contributed by atoms with van der Waals surface area (Å²) in [7, 11) is 1.71. The fraction of sp³-hybridized carbons (Fsp3) is 0.227. The van der Waals surface area contributed by atoms with Crippen LogP contribution >= 0.6 is 27.3 Å². The van der Waals surface area contributed by atoms with Crippen molar-refractivity contribution in [2.24, 2.45) is 5.73 Å². The van der Waals surface area contributed by atoms with E-state index in [1.165, 1.54) is 15.6 Å². The van der Waals surface area contributed by atoms with Crippen LogP contribution in [0.1, 0.15) is 19.4 Å². The molecule has 0 saturated carbocycles. The molecule has 0 fully saturated rings. The Balaban J connectivity index is 1.97. The van der Waals surface area contributed by atoms with Crippen molar-refractivity contribution < 1.29 is 4.74 Å². The number of rotatable bonds is 4. The Labute approximate surface area is 171 Å². The molecule has 138 valence electrons. The van der Waals surface area contributed by atoms with Gasteiger partial charge in [-0.05, 0) is 64.8 Å². The van der Waals surface area contributed by atoms with Crippen LogP contribution in [0.2, 0.25) is 0 Å². The molecule has 0 aliphatic carbocycles. The van der Waals surface area contributed by atoms with Gasteiger partial charge < -0.3 is 10.5 Å². The van der Waals surface area contributed by atoms with Crippen LogP contribution in [-0.2, 0) is 6.42 Å². The lowest BCUT2D eigenvalue weighted by Gasteiger charge is -2.19. The molecule has 3 nitrogen and oxygen atoms in total. The lowest BCUT2D eigenvalue weighted by atomic mass is 9.93. The van der Waals surface area contributed by atoms with E-state index in [2.05, 4.69) is 51.6 Å². The van der Waals surface area contributed by atoms with Gasteiger partial charge in [0.2, 0.25) is 0 Å². The highest BCUT2D eigenvalue weighted by atomic mass is 79.9. The molecule has 2 aromatic carbocycles. The van der Waals surface area contributed by atoms with Crippen molar-refractivity contribution in [3.05, 3.63) is 58.0 Å². The summed E-state index contributed by atoms with van der Waals surface area (Å²) in [5.74, 6) is 0.835. The number of hydrogen-bond acceptors (Lipinski definition) is 4. The minimum absolute atomic E-state index is 0.226. The van der Waals surface area contributed by atoms with E-state index >= 15 is 0 Å². The summed E-state index contributed by atoms with van der Waals surface area (Å²) in [6.45, 7) is 4.09. The first-order chi connectivity index (χ1) is 12.9. The zero-order valence-corrected chi connectivity index (χ0v) is 17.9. The number of aromatic nitrogens is 1. The van der Waals surface area contributed by atoms with Gasteiger partial charge in [-0.25, -0.2) is 0 Å². The Morgan fingerprint density at radius 2 is 1.93 bits per heavy atom. The molecule has 0 amide bonds. The van der Waals surface area contributed by atoms with Gasteiger partial charge in [-0.3, -0.25) is 4.98 Å². The van der Waals surface area contributed by atoms with E-state index in [0.717, 1.165) is 38.7 Å². The number of pyridine rings is 1. The molecular weight excluding hydrogens is 420 g/mol. The van der Waals surface area contributed by atoms with Gasteiger partial charge in [-0.15, -0.1) is 11.3 Å². The lowest BCUT2D eigenvalue weighted by molar-refractivity contribution is 0.416. The smallest absolute Gasteiger partial charge is 0.128 e. The van der Waals surface area contributed by atoms with Crippen molar-refractivity contribution in [1.29, 1.82) is 0 Å². The molecule has 0 unspecified atom stereocenters. The van der Waals surface area contributed by atoms with Crippen LogP contribution in [0.15, 0.2) is 52.4 Å². The minimum atomic E-state index is -0.226. The lowest BCUT2D eigenvalue weighted by Crippen LogP contribution is -2.34. The number of hydrogen-bond donors (Lipinski definition) is 1. The van der Waals surface area contributed by atoms with Crippen molar-refractivity contribution in [2.45, 2.75) is 25.8 Å². The van der Waals surface area contributed by atoms with Gasteiger partial charge in [-0.1, -0.05) is 24.3 Å². The highest BCUT2D eigenvalue weighted by Crippen LogP contribution is 2.44. The quantitative estimate of drug-likeness (QED) is 0.412. The van der Waals surface area contributed by atoms with Crippen LogP contribution in [0.3, 0.4) is 0 Å². The number of benzene rings is 2. The topological polar surface area (TPSA) is 48.1 Å². The number of fused-ring (bicyclic) bond motifs is 3. The number of halogens is 1. The normalized spacial score (nSPS) is 12.0. The Hall–Kier alpha value is -1.95. The first-order valence-electron chi connectivity index (χ1n) is 8.78. The van der Waals surface area contributed by atoms with Gasteiger partial charge in [0.05, 0.1) is 17.3 Å². The summed E-state index contributed by atoms with van der Waals surface area (Å²) in [5, 5.41) is 4.42.